The molecule has 23 heavy (non-hydrogen) atoms. The fourth-order valence-corrected chi connectivity index (χ4v) is 3.08. The molecule has 3 rings (SSSR count). The van der Waals surface area contributed by atoms with Crippen molar-refractivity contribution in [1.82, 2.24) is 14.8 Å². The van der Waals surface area contributed by atoms with Crippen LogP contribution in [-0.4, -0.2) is 20.5 Å². The van der Waals surface area contributed by atoms with Crippen LogP contribution in [0.15, 0.2) is 65.8 Å². The molecule has 0 aliphatic carbocycles. The SMILES string of the molecule is Cn1c(COc2ccccc2)nnc1SCCc1ccccc1. The number of rotatable bonds is 7. The van der Waals surface area contributed by atoms with Gasteiger partial charge in [0.1, 0.15) is 12.4 Å². The molecule has 1 heterocycles. The summed E-state index contributed by atoms with van der Waals surface area (Å²) in [6, 6.07) is 20.2. The van der Waals surface area contributed by atoms with E-state index in [-0.39, 0.29) is 0 Å². The van der Waals surface area contributed by atoms with Gasteiger partial charge in [0.15, 0.2) is 11.0 Å². The third-order valence-corrected chi connectivity index (χ3v) is 4.52. The third-order valence-electron chi connectivity index (χ3n) is 3.50. The normalized spacial score (nSPS) is 10.7. The van der Waals surface area contributed by atoms with Crippen LogP contribution in [0, 0.1) is 0 Å². The smallest absolute Gasteiger partial charge is 0.191 e. The predicted molar refractivity (Wildman–Crippen MR) is 92.6 cm³/mol. The third kappa shape index (κ3) is 4.36. The summed E-state index contributed by atoms with van der Waals surface area (Å²) < 4.78 is 7.73. The van der Waals surface area contributed by atoms with Gasteiger partial charge in [0.25, 0.3) is 0 Å². The summed E-state index contributed by atoms with van der Waals surface area (Å²) in [6.45, 7) is 0.423. The fraction of sp³-hybridized carbons (Fsp3) is 0.222. The number of para-hydroxylation sites is 1. The molecule has 0 saturated carbocycles. The van der Waals surface area contributed by atoms with Gasteiger partial charge in [0.05, 0.1) is 0 Å². The molecule has 2 aromatic carbocycles. The molecule has 3 aromatic rings. The van der Waals surface area contributed by atoms with E-state index in [1.165, 1.54) is 5.56 Å². The molecule has 5 heteroatoms. The minimum atomic E-state index is 0.423. The number of hydrogen-bond acceptors (Lipinski definition) is 4. The molecule has 0 fully saturated rings. The second-order valence-corrected chi connectivity index (χ2v) is 6.21. The number of thioether (sulfide) groups is 1. The van der Waals surface area contributed by atoms with E-state index in [0.717, 1.165) is 28.9 Å². The van der Waals surface area contributed by atoms with Crippen LogP contribution in [0.2, 0.25) is 0 Å². The lowest BCUT2D eigenvalue weighted by Crippen LogP contribution is -2.04. The van der Waals surface area contributed by atoms with Crippen LogP contribution in [0.25, 0.3) is 0 Å². The van der Waals surface area contributed by atoms with Crippen molar-refractivity contribution in [2.75, 3.05) is 5.75 Å². The van der Waals surface area contributed by atoms with Gasteiger partial charge in [0, 0.05) is 12.8 Å². The molecule has 0 saturated heterocycles. The van der Waals surface area contributed by atoms with Gasteiger partial charge in [-0.3, -0.25) is 0 Å². The number of aryl methyl sites for hydroxylation is 1. The minimum absolute atomic E-state index is 0.423. The Morgan fingerprint density at radius 2 is 1.65 bits per heavy atom. The highest BCUT2D eigenvalue weighted by Gasteiger charge is 2.09. The van der Waals surface area contributed by atoms with Crippen molar-refractivity contribution < 1.29 is 4.74 Å². The summed E-state index contributed by atoms with van der Waals surface area (Å²) >= 11 is 1.72. The van der Waals surface area contributed by atoms with E-state index < -0.39 is 0 Å². The average molecular weight is 325 g/mol. The lowest BCUT2D eigenvalue weighted by Gasteiger charge is -2.06. The zero-order valence-corrected chi connectivity index (χ0v) is 13.9. The quantitative estimate of drug-likeness (QED) is 0.621. The summed E-state index contributed by atoms with van der Waals surface area (Å²) in [7, 11) is 1.98. The monoisotopic (exact) mass is 325 g/mol. The summed E-state index contributed by atoms with van der Waals surface area (Å²) in [6.07, 6.45) is 1.02. The van der Waals surface area contributed by atoms with Gasteiger partial charge in [-0.25, -0.2) is 0 Å². The molecule has 0 aliphatic heterocycles. The topological polar surface area (TPSA) is 39.9 Å². The Balaban J connectivity index is 1.52. The maximum atomic E-state index is 5.73. The molecule has 1 aromatic heterocycles. The first-order chi connectivity index (χ1) is 11.3. The first-order valence-corrected chi connectivity index (χ1v) is 8.54. The Hall–Kier alpha value is -2.27. The van der Waals surface area contributed by atoms with E-state index in [9.17, 15) is 0 Å². The Labute approximate surface area is 140 Å². The van der Waals surface area contributed by atoms with E-state index >= 15 is 0 Å². The highest BCUT2D eigenvalue weighted by molar-refractivity contribution is 7.99. The molecular formula is C18H19N3OS. The largest absolute Gasteiger partial charge is 0.486 e. The molecular weight excluding hydrogens is 306 g/mol. The van der Waals surface area contributed by atoms with Gasteiger partial charge in [-0.2, -0.15) is 0 Å². The summed E-state index contributed by atoms with van der Waals surface area (Å²) in [5, 5.41) is 9.40. The lowest BCUT2D eigenvalue weighted by atomic mass is 10.2. The van der Waals surface area contributed by atoms with Crippen molar-refractivity contribution in [3.8, 4) is 5.75 Å². The number of nitrogens with zero attached hydrogens (tertiary/aromatic N) is 3. The van der Waals surface area contributed by atoms with E-state index in [1.807, 2.05) is 48.0 Å². The molecule has 0 N–H and O–H groups in total. The van der Waals surface area contributed by atoms with E-state index in [1.54, 1.807) is 11.8 Å². The summed E-state index contributed by atoms with van der Waals surface area (Å²) in [5.41, 5.74) is 1.34. The number of aromatic nitrogens is 3. The highest BCUT2D eigenvalue weighted by Crippen LogP contribution is 2.18. The van der Waals surface area contributed by atoms with Crippen molar-refractivity contribution in [2.24, 2.45) is 7.05 Å². The number of hydrogen-bond donors (Lipinski definition) is 0. The molecule has 0 atom stereocenters. The van der Waals surface area contributed by atoms with Crippen LogP contribution in [0.5, 0.6) is 5.75 Å². The molecule has 0 unspecified atom stereocenters. The Bertz CT molecular complexity index is 729. The van der Waals surface area contributed by atoms with Crippen molar-refractivity contribution in [3.63, 3.8) is 0 Å². The molecule has 0 amide bonds. The fourth-order valence-electron chi connectivity index (χ4n) is 2.17. The van der Waals surface area contributed by atoms with Crippen molar-refractivity contribution in [3.05, 3.63) is 72.1 Å². The first kappa shape index (κ1) is 15.6. The highest BCUT2D eigenvalue weighted by atomic mass is 32.2. The van der Waals surface area contributed by atoms with Crippen molar-refractivity contribution in [1.29, 1.82) is 0 Å². The second-order valence-electron chi connectivity index (χ2n) is 5.14. The maximum absolute atomic E-state index is 5.73. The maximum Gasteiger partial charge on any atom is 0.191 e. The second kappa shape index (κ2) is 7.83. The van der Waals surface area contributed by atoms with Gasteiger partial charge in [0.2, 0.25) is 0 Å². The van der Waals surface area contributed by atoms with Crippen molar-refractivity contribution >= 4 is 11.8 Å². The average Bonchev–Trinajstić information content (AvgIpc) is 2.95. The molecule has 4 nitrogen and oxygen atoms in total. The van der Waals surface area contributed by atoms with Gasteiger partial charge < -0.3 is 9.30 Å². The van der Waals surface area contributed by atoms with Crippen LogP contribution in [0.1, 0.15) is 11.4 Å². The van der Waals surface area contributed by atoms with E-state index in [2.05, 4.69) is 34.5 Å². The van der Waals surface area contributed by atoms with Gasteiger partial charge in [-0.15, -0.1) is 10.2 Å². The van der Waals surface area contributed by atoms with Crippen molar-refractivity contribution in [2.45, 2.75) is 18.2 Å². The van der Waals surface area contributed by atoms with Gasteiger partial charge >= 0.3 is 0 Å². The molecule has 0 radical (unpaired) electrons. The zero-order chi connectivity index (χ0) is 15.9. The Morgan fingerprint density at radius 1 is 0.957 bits per heavy atom. The van der Waals surface area contributed by atoms with Crippen LogP contribution in [0.4, 0.5) is 0 Å². The Kier molecular flexibility index (Phi) is 5.32. The molecule has 0 spiro atoms. The summed E-state index contributed by atoms with van der Waals surface area (Å²) in [4.78, 5) is 0. The molecule has 0 aliphatic rings. The number of ether oxygens (including phenoxy) is 1. The predicted octanol–water partition coefficient (Wildman–Crippen LogP) is 3.73. The van der Waals surface area contributed by atoms with Crippen LogP contribution < -0.4 is 4.74 Å². The first-order valence-electron chi connectivity index (χ1n) is 7.56. The molecule has 118 valence electrons. The van der Waals surface area contributed by atoms with Crippen LogP contribution in [-0.2, 0) is 20.1 Å². The van der Waals surface area contributed by atoms with E-state index in [4.69, 9.17) is 4.74 Å². The molecule has 0 bridgehead atoms. The standard InChI is InChI=1S/C18H19N3OS/c1-21-17(14-22-16-10-6-3-7-11-16)19-20-18(21)23-13-12-15-8-4-2-5-9-15/h2-11H,12-14H2,1H3. The van der Waals surface area contributed by atoms with E-state index in [0.29, 0.717) is 6.61 Å². The number of benzene rings is 2. The lowest BCUT2D eigenvalue weighted by molar-refractivity contribution is 0.290. The van der Waals surface area contributed by atoms with Crippen LogP contribution in [0.3, 0.4) is 0 Å². The zero-order valence-electron chi connectivity index (χ0n) is 13.1. The van der Waals surface area contributed by atoms with Gasteiger partial charge in [-0.1, -0.05) is 60.3 Å². The minimum Gasteiger partial charge on any atom is -0.486 e. The van der Waals surface area contributed by atoms with Gasteiger partial charge in [-0.05, 0) is 24.1 Å². The summed E-state index contributed by atoms with van der Waals surface area (Å²) in [5.74, 6) is 2.65. The Morgan fingerprint density at radius 3 is 2.39 bits per heavy atom. The van der Waals surface area contributed by atoms with Crippen LogP contribution >= 0.6 is 11.8 Å².